The average Bonchev–Trinajstić information content (AvgIpc) is 2.77. The number of aryl methyl sites for hydroxylation is 2. The van der Waals surface area contributed by atoms with E-state index in [9.17, 15) is 9.59 Å². The molecule has 0 bridgehead atoms. The van der Waals surface area contributed by atoms with Crippen molar-refractivity contribution in [3.8, 4) is 5.75 Å². The van der Waals surface area contributed by atoms with Crippen molar-refractivity contribution in [2.75, 3.05) is 17.7 Å². The molecule has 1 atom stereocenters. The Labute approximate surface area is 193 Å². The minimum atomic E-state index is -0.250. The number of nitrogens with one attached hydrogen (secondary N) is 2. The number of anilines is 2. The van der Waals surface area contributed by atoms with Crippen molar-refractivity contribution >= 4 is 35.0 Å². The highest BCUT2D eigenvalue weighted by atomic mass is 32.2. The Morgan fingerprint density at radius 1 is 0.906 bits per heavy atom. The van der Waals surface area contributed by atoms with Gasteiger partial charge in [-0.15, -0.1) is 11.8 Å². The summed E-state index contributed by atoms with van der Waals surface area (Å²) in [6.45, 7) is 6.02. The normalized spacial score (nSPS) is 11.5. The summed E-state index contributed by atoms with van der Waals surface area (Å²) < 4.78 is 5.19. The van der Waals surface area contributed by atoms with Crippen LogP contribution in [0, 0.1) is 13.8 Å². The van der Waals surface area contributed by atoms with Crippen LogP contribution < -0.4 is 15.4 Å². The van der Waals surface area contributed by atoms with Gasteiger partial charge < -0.3 is 15.4 Å². The standard InChI is InChI=1S/C26H28N2O3S/c1-5-24(26(30)28-21-13-17(2)12-18(3)14-21)32-23-11-7-9-20(16-23)27-25(29)19-8-6-10-22(15-19)31-4/h6-16,24H,5H2,1-4H3,(H,27,29)(H,28,30). The Balaban J connectivity index is 1.67. The molecule has 1 unspecified atom stereocenters. The number of carbonyl (C=O) groups excluding carboxylic acids is 2. The summed E-state index contributed by atoms with van der Waals surface area (Å²) in [5, 5.41) is 5.70. The van der Waals surface area contributed by atoms with Gasteiger partial charge in [0, 0.05) is 21.8 Å². The second-order valence-corrected chi connectivity index (χ2v) is 8.87. The lowest BCUT2D eigenvalue weighted by Gasteiger charge is -2.16. The molecule has 2 amide bonds. The molecule has 0 heterocycles. The van der Waals surface area contributed by atoms with E-state index >= 15 is 0 Å². The highest BCUT2D eigenvalue weighted by molar-refractivity contribution is 8.00. The zero-order valence-electron chi connectivity index (χ0n) is 18.8. The molecule has 3 aromatic rings. The summed E-state index contributed by atoms with van der Waals surface area (Å²) in [5.41, 5.74) is 4.22. The van der Waals surface area contributed by atoms with Gasteiger partial charge in [0.25, 0.3) is 5.91 Å². The van der Waals surface area contributed by atoms with Gasteiger partial charge in [0.1, 0.15) is 5.75 Å². The molecule has 6 heteroatoms. The van der Waals surface area contributed by atoms with Crippen LogP contribution in [0.1, 0.15) is 34.8 Å². The molecule has 3 aromatic carbocycles. The van der Waals surface area contributed by atoms with Gasteiger partial charge in [0.05, 0.1) is 12.4 Å². The maximum Gasteiger partial charge on any atom is 0.255 e. The van der Waals surface area contributed by atoms with E-state index < -0.39 is 0 Å². The van der Waals surface area contributed by atoms with Gasteiger partial charge in [-0.25, -0.2) is 0 Å². The molecule has 0 aliphatic rings. The molecule has 0 spiro atoms. The Morgan fingerprint density at radius 2 is 1.62 bits per heavy atom. The molecule has 0 saturated carbocycles. The van der Waals surface area contributed by atoms with Crippen molar-refractivity contribution in [1.82, 2.24) is 0 Å². The van der Waals surface area contributed by atoms with E-state index in [1.165, 1.54) is 11.8 Å². The first-order chi connectivity index (χ1) is 15.4. The quantitative estimate of drug-likeness (QED) is 0.410. The number of ether oxygens (including phenoxy) is 1. The van der Waals surface area contributed by atoms with Crippen LogP contribution in [0.15, 0.2) is 71.6 Å². The first kappa shape index (κ1) is 23.4. The number of hydrogen-bond acceptors (Lipinski definition) is 4. The predicted octanol–water partition coefficient (Wildman–Crippen LogP) is 6.07. The second-order valence-electron chi connectivity index (χ2n) is 7.59. The lowest BCUT2D eigenvalue weighted by molar-refractivity contribution is -0.115. The summed E-state index contributed by atoms with van der Waals surface area (Å²) >= 11 is 1.48. The van der Waals surface area contributed by atoms with Crippen LogP contribution in [0.3, 0.4) is 0 Å². The Morgan fingerprint density at radius 3 is 2.31 bits per heavy atom. The number of benzene rings is 3. The van der Waals surface area contributed by atoms with Crippen LogP contribution in [-0.4, -0.2) is 24.2 Å². The number of amides is 2. The molecule has 0 aliphatic carbocycles. The van der Waals surface area contributed by atoms with Crippen LogP contribution >= 0.6 is 11.8 Å². The molecule has 0 aliphatic heterocycles. The third kappa shape index (κ3) is 6.37. The largest absolute Gasteiger partial charge is 0.497 e. The van der Waals surface area contributed by atoms with Crippen molar-refractivity contribution in [1.29, 1.82) is 0 Å². The predicted molar refractivity (Wildman–Crippen MR) is 132 cm³/mol. The summed E-state index contributed by atoms with van der Waals surface area (Å²) in [6, 6.07) is 20.5. The lowest BCUT2D eigenvalue weighted by Crippen LogP contribution is -2.24. The molecule has 32 heavy (non-hydrogen) atoms. The Hall–Kier alpha value is -3.25. The van der Waals surface area contributed by atoms with Crippen LogP contribution in [0.2, 0.25) is 0 Å². The van der Waals surface area contributed by atoms with Gasteiger partial charge in [-0.1, -0.05) is 25.1 Å². The van der Waals surface area contributed by atoms with Crippen molar-refractivity contribution in [3.05, 3.63) is 83.4 Å². The summed E-state index contributed by atoms with van der Waals surface area (Å²) in [4.78, 5) is 26.4. The summed E-state index contributed by atoms with van der Waals surface area (Å²) in [6.07, 6.45) is 0.682. The monoisotopic (exact) mass is 448 g/mol. The van der Waals surface area contributed by atoms with E-state index in [0.717, 1.165) is 21.7 Å². The van der Waals surface area contributed by atoms with Gasteiger partial charge >= 0.3 is 0 Å². The van der Waals surface area contributed by atoms with Crippen LogP contribution in [0.5, 0.6) is 5.75 Å². The fraction of sp³-hybridized carbons (Fsp3) is 0.231. The molecule has 5 nitrogen and oxygen atoms in total. The van der Waals surface area contributed by atoms with Crippen LogP contribution in [0.25, 0.3) is 0 Å². The second kappa shape index (κ2) is 10.9. The van der Waals surface area contributed by atoms with Crippen LogP contribution in [-0.2, 0) is 4.79 Å². The van der Waals surface area contributed by atoms with E-state index in [-0.39, 0.29) is 17.1 Å². The molecule has 0 fully saturated rings. The van der Waals surface area contributed by atoms with Gasteiger partial charge in [0.2, 0.25) is 5.91 Å². The molecule has 0 radical (unpaired) electrons. The molecular weight excluding hydrogens is 420 g/mol. The molecule has 2 N–H and O–H groups in total. The van der Waals surface area contributed by atoms with E-state index in [4.69, 9.17) is 4.74 Å². The highest BCUT2D eigenvalue weighted by Gasteiger charge is 2.19. The molecule has 166 valence electrons. The third-order valence-electron chi connectivity index (χ3n) is 4.85. The van der Waals surface area contributed by atoms with Crippen molar-refractivity contribution < 1.29 is 14.3 Å². The van der Waals surface area contributed by atoms with E-state index in [2.05, 4.69) is 16.7 Å². The Kier molecular flexibility index (Phi) is 7.95. The smallest absolute Gasteiger partial charge is 0.255 e. The van der Waals surface area contributed by atoms with Gasteiger partial charge in [0.15, 0.2) is 0 Å². The molecule has 0 aromatic heterocycles. The number of methoxy groups -OCH3 is 1. The van der Waals surface area contributed by atoms with E-state index in [1.54, 1.807) is 31.4 Å². The number of hydrogen-bond donors (Lipinski definition) is 2. The van der Waals surface area contributed by atoms with Gasteiger partial charge in [-0.05, 0) is 79.9 Å². The van der Waals surface area contributed by atoms with Crippen molar-refractivity contribution in [2.45, 2.75) is 37.3 Å². The van der Waals surface area contributed by atoms with Gasteiger partial charge in [-0.3, -0.25) is 9.59 Å². The summed E-state index contributed by atoms with van der Waals surface area (Å²) in [7, 11) is 1.57. The van der Waals surface area contributed by atoms with E-state index in [1.807, 2.05) is 57.2 Å². The minimum Gasteiger partial charge on any atom is -0.497 e. The minimum absolute atomic E-state index is 0.0340. The van der Waals surface area contributed by atoms with Gasteiger partial charge in [-0.2, -0.15) is 0 Å². The van der Waals surface area contributed by atoms with Crippen LogP contribution in [0.4, 0.5) is 11.4 Å². The number of carbonyl (C=O) groups is 2. The first-order valence-corrected chi connectivity index (χ1v) is 11.4. The molecule has 0 saturated heterocycles. The van der Waals surface area contributed by atoms with Crippen molar-refractivity contribution in [2.24, 2.45) is 0 Å². The zero-order valence-corrected chi connectivity index (χ0v) is 19.6. The van der Waals surface area contributed by atoms with E-state index in [0.29, 0.717) is 23.4 Å². The van der Waals surface area contributed by atoms with Crippen molar-refractivity contribution in [3.63, 3.8) is 0 Å². The Bertz CT molecular complexity index is 1090. The first-order valence-electron chi connectivity index (χ1n) is 10.5. The SMILES string of the molecule is CCC(Sc1cccc(NC(=O)c2cccc(OC)c2)c1)C(=O)Nc1cc(C)cc(C)c1. The maximum absolute atomic E-state index is 12.9. The maximum atomic E-state index is 12.9. The highest BCUT2D eigenvalue weighted by Crippen LogP contribution is 2.29. The number of rotatable bonds is 8. The average molecular weight is 449 g/mol. The fourth-order valence-corrected chi connectivity index (χ4v) is 4.38. The molecule has 3 rings (SSSR count). The number of thioether (sulfide) groups is 1. The third-order valence-corrected chi connectivity index (χ3v) is 6.21. The molecular formula is C26H28N2O3S. The lowest BCUT2D eigenvalue weighted by atomic mass is 10.1. The topological polar surface area (TPSA) is 67.4 Å². The summed E-state index contributed by atoms with van der Waals surface area (Å²) in [5.74, 6) is 0.376. The zero-order chi connectivity index (χ0) is 23.1. The fourth-order valence-electron chi connectivity index (χ4n) is 3.37.